The number of nitrogens with one attached hydrogen (secondary N) is 1. The SMILES string of the molecule is c1cnc2ccc(Cn3nnc4ncc(Cc5ccnc(NC6CCOC6)c5)nc43)cc2c1. The molecule has 9 heteroatoms. The summed E-state index contributed by atoms with van der Waals surface area (Å²) in [5, 5.41) is 13.0. The van der Waals surface area contributed by atoms with E-state index in [1.165, 1.54) is 0 Å². The molecule has 4 aromatic heterocycles. The Bertz CT molecular complexity index is 1430. The van der Waals surface area contributed by atoms with Crippen LogP contribution in [-0.2, 0) is 17.7 Å². The highest BCUT2D eigenvalue weighted by molar-refractivity contribution is 5.79. The van der Waals surface area contributed by atoms with Crippen LogP contribution in [-0.4, -0.2) is 54.2 Å². The first-order valence-corrected chi connectivity index (χ1v) is 11.0. The molecule has 0 bridgehead atoms. The van der Waals surface area contributed by atoms with E-state index in [0.29, 0.717) is 30.3 Å². The second-order valence-corrected chi connectivity index (χ2v) is 8.22. The summed E-state index contributed by atoms with van der Waals surface area (Å²) < 4.78 is 7.23. The quantitative estimate of drug-likeness (QED) is 0.432. The number of ether oxygens (including phenoxy) is 1. The molecular weight excluding hydrogens is 416 g/mol. The van der Waals surface area contributed by atoms with Crippen molar-refractivity contribution in [2.75, 3.05) is 18.5 Å². The van der Waals surface area contributed by atoms with Gasteiger partial charge in [-0.3, -0.25) is 4.98 Å². The van der Waals surface area contributed by atoms with E-state index in [2.05, 4.69) is 54.8 Å². The number of nitrogens with zero attached hydrogens (tertiary/aromatic N) is 7. The standard InChI is InChI=1S/C24H22N8O/c1-2-18-10-17(3-4-21(18)25-7-1)14-32-24-23(30-31-32)27-13-20(29-24)11-16-5-8-26-22(12-16)28-19-6-9-33-15-19/h1-5,7-8,10,12-13,19H,6,9,11,14-15H2,(H,26,28). The average molecular weight is 438 g/mol. The van der Waals surface area contributed by atoms with Crippen LogP contribution in [0.3, 0.4) is 0 Å². The van der Waals surface area contributed by atoms with Gasteiger partial charge in [0.05, 0.1) is 36.6 Å². The van der Waals surface area contributed by atoms with Crippen molar-refractivity contribution in [1.29, 1.82) is 0 Å². The molecule has 5 aromatic rings. The minimum Gasteiger partial charge on any atom is -0.379 e. The van der Waals surface area contributed by atoms with Gasteiger partial charge in [-0.05, 0) is 47.9 Å². The number of benzene rings is 1. The molecule has 6 rings (SSSR count). The van der Waals surface area contributed by atoms with Gasteiger partial charge in [0.15, 0.2) is 5.65 Å². The zero-order chi connectivity index (χ0) is 22.0. The zero-order valence-electron chi connectivity index (χ0n) is 17.9. The van der Waals surface area contributed by atoms with Crippen molar-refractivity contribution in [2.45, 2.75) is 25.4 Å². The van der Waals surface area contributed by atoms with Crippen LogP contribution in [0.25, 0.3) is 22.2 Å². The molecule has 0 saturated carbocycles. The van der Waals surface area contributed by atoms with Crippen LogP contribution in [0.5, 0.6) is 0 Å². The lowest BCUT2D eigenvalue weighted by atomic mass is 10.1. The van der Waals surface area contributed by atoms with E-state index in [4.69, 9.17) is 9.72 Å². The average Bonchev–Trinajstić information content (AvgIpc) is 3.49. The normalized spacial score (nSPS) is 15.9. The van der Waals surface area contributed by atoms with Gasteiger partial charge < -0.3 is 10.1 Å². The molecule has 1 N–H and O–H groups in total. The molecule has 5 heterocycles. The van der Waals surface area contributed by atoms with Gasteiger partial charge in [-0.2, -0.15) is 0 Å². The Kier molecular flexibility index (Phi) is 5.08. The molecule has 1 fully saturated rings. The monoisotopic (exact) mass is 438 g/mol. The Balaban J connectivity index is 1.23. The second kappa shape index (κ2) is 8.51. The maximum absolute atomic E-state index is 5.44. The molecule has 0 spiro atoms. The van der Waals surface area contributed by atoms with Crippen molar-refractivity contribution in [1.82, 2.24) is 34.9 Å². The van der Waals surface area contributed by atoms with Crippen molar-refractivity contribution in [2.24, 2.45) is 0 Å². The van der Waals surface area contributed by atoms with E-state index in [0.717, 1.165) is 53.2 Å². The molecule has 164 valence electrons. The fourth-order valence-corrected chi connectivity index (χ4v) is 4.11. The van der Waals surface area contributed by atoms with Crippen LogP contribution < -0.4 is 5.32 Å². The third kappa shape index (κ3) is 4.22. The third-order valence-electron chi connectivity index (χ3n) is 5.77. The van der Waals surface area contributed by atoms with Gasteiger partial charge in [0.2, 0.25) is 5.65 Å². The number of anilines is 1. The zero-order valence-corrected chi connectivity index (χ0v) is 17.9. The lowest BCUT2D eigenvalue weighted by molar-refractivity contribution is 0.195. The summed E-state index contributed by atoms with van der Waals surface area (Å²) in [5.74, 6) is 0.856. The molecule has 0 amide bonds. The first-order valence-electron chi connectivity index (χ1n) is 11.0. The molecule has 33 heavy (non-hydrogen) atoms. The Hall–Kier alpha value is -3.98. The summed E-state index contributed by atoms with van der Waals surface area (Å²) in [7, 11) is 0. The number of fused-ring (bicyclic) bond motifs is 2. The molecule has 1 aromatic carbocycles. The first-order chi connectivity index (χ1) is 16.3. The maximum atomic E-state index is 5.44. The van der Waals surface area contributed by atoms with Crippen LogP contribution in [0.15, 0.2) is 61.1 Å². The second-order valence-electron chi connectivity index (χ2n) is 8.22. The fraction of sp³-hybridized carbons (Fsp3) is 0.250. The van der Waals surface area contributed by atoms with Crippen LogP contribution >= 0.6 is 0 Å². The predicted molar refractivity (Wildman–Crippen MR) is 124 cm³/mol. The van der Waals surface area contributed by atoms with E-state index < -0.39 is 0 Å². The molecular formula is C24H22N8O. The Morgan fingerprint density at radius 2 is 2.03 bits per heavy atom. The van der Waals surface area contributed by atoms with E-state index in [9.17, 15) is 0 Å². The number of pyridine rings is 2. The van der Waals surface area contributed by atoms with Crippen LogP contribution in [0, 0.1) is 0 Å². The van der Waals surface area contributed by atoms with E-state index >= 15 is 0 Å². The van der Waals surface area contributed by atoms with Gasteiger partial charge in [-0.1, -0.05) is 17.3 Å². The number of rotatable bonds is 6. The van der Waals surface area contributed by atoms with E-state index in [-0.39, 0.29) is 0 Å². The van der Waals surface area contributed by atoms with Crippen LogP contribution in [0.2, 0.25) is 0 Å². The lowest BCUT2D eigenvalue weighted by Gasteiger charge is -2.12. The molecule has 9 nitrogen and oxygen atoms in total. The lowest BCUT2D eigenvalue weighted by Crippen LogP contribution is -2.19. The molecule has 0 aliphatic carbocycles. The highest BCUT2D eigenvalue weighted by Crippen LogP contribution is 2.18. The van der Waals surface area contributed by atoms with Crippen molar-refractivity contribution < 1.29 is 4.74 Å². The van der Waals surface area contributed by atoms with Crippen molar-refractivity contribution >= 4 is 28.0 Å². The first kappa shape index (κ1) is 19.7. The number of hydrogen-bond acceptors (Lipinski definition) is 8. The smallest absolute Gasteiger partial charge is 0.221 e. The minimum atomic E-state index is 0.315. The fourth-order valence-electron chi connectivity index (χ4n) is 4.11. The Morgan fingerprint density at radius 1 is 1.03 bits per heavy atom. The summed E-state index contributed by atoms with van der Waals surface area (Å²) in [4.78, 5) is 18.1. The Morgan fingerprint density at radius 3 is 2.97 bits per heavy atom. The number of hydrogen-bond donors (Lipinski definition) is 1. The predicted octanol–water partition coefficient (Wildman–Crippen LogP) is 3.00. The van der Waals surface area contributed by atoms with Crippen molar-refractivity contribution in [3.63, 3.8) is 0 Å². The van der Waals surface area contributed by atoms with E-state index in [1.807, 2.05) is 24.4 Å². The third-order valence-corrected chi connectivity index (χ3v) is 5.77. The van der Waals surface area contributed by atoms with Gasteiger partial charge >= 0.3 is 0 Å². The summed E-state index contributed by atoms with van der Waals surface area (Å²) in [6.07, 6.45) is 7.03. The number of aromatic nitrogens is 7. The molecule has 1 atom stereocenters. The summed E-state index contributed by atoms with van der Waals surface area (Å²) >= 11 is 0. The maximum Gasteiger partial charge on any atom is 0.221 e. The summed E-state index contributed by atoms with van der Waals surface area (Å²) in [5.41, 5.74) is 5.26. The molecule has 1 aliphatic heterocycles. The van der Waals surface area contributed by atoms with Gasteiger partial charge in [-0.15, -0.1) is 5.10 Å². The van der Waals surface area contributed by atoms with Gasteiger partial charge in [0.25, 0.3) is 0 Å². The van der Waals surface area contributed by atoms with Crippen molar-refractivity contribution in [3.05, 3.63) is 77.9 Å². The molecule has 1 unspecified atom stereocenters. The molecule has 1 aliphatic rings. The van der Waals surface area contributed by atoms with E-state index in [1.54, 1.807) is 17.1 Å². The topological polar surface area (TPSA) is 104 Å². The summed E-state index contributed by atoms with van der Waals surface area (Å²) in [6, 6.07) is 14.6. The van der Waals surface area contributed by atoms with Crippen LogP contribution in [0.1, 0.15) is 23.2 Å². The Labute approximate surface area is 189 Å². The molecule has 1 saturated heterocycles. The molecule has 0 radical (unpaired) electrons. The highest BCUT2D eigenvalue weighted by atomic mass is 16.5. The van der Waals surface area contributed by atoms with Gasteiger partial charge in [0.1, 0.15) is 5.82 Å². The van der Waals surface area contributed by atoms with Crippen molar-refractivity contribution in [3.8, 4) is 0 Å². The van der Waals surface area contributed by atoms with Crippen LogP contribution in [0.4, 0.5) is 5.82 Å². The largest absolute Gasteiger partial charge is 0.379 e. The van der Waals surface area contributed by atoms with Gasteiger partial charge in [0, 0.05) is 30.8 Å². The summed E-state index contributed by atoms with van der Waals surface area (Å²) in [6.45, 7) is 2.08. The minimum absolute atomic E-state index is 0.315. The highest BCUT2D eigenvalue weighted by Gasteiger charge is 2.16. The van der Waals surface area contributed by atoms with Gasteiger partial charge in [-0.25, -0.2) is 19.6 Å².